The van der Waals surface area contributed by atoms with Crippen LogP contribution >= 0.6 is 0 Å². The fourth-order valence-electron chi connectivity index (χ4n) is 3.25. The van der Waals surface area contributed by atoms with E-state index in [1.54, 1.807) is 25.2 Å². The molecular weight excluding hydrogens is 414 g/mol. The fourth-order valence-corrected chi connectivity index (χ4v) is 3.25. The van der Waals surface area contributed by atoms with Crippen molar-refractivity contribution < 1.29 is 18.4 Å². The summed E-state index contributed by atoms with van der Waals surface area (Å²) in [5.41, 5.74) is 0.742. The first-order chi connectivity index (χ1) is 16.6. The number of methoxy groups -OCH3 is 1. The smallest absolute Gasteiger partial charge is 0.273 e. The number of carbonyl (C=O) groups is 2. The van der Waals surface area contributed by atoms with Crippen LogP contribution in [-0.4, -0.2) is 56.3 Å². The molecule has 0 saturated heterocycles. The predicted molar refractivity (Wildman–Crippen MR) is 115 cm³/mol. The van der Waals surface area contributed by atoms with E-state index in [9.17, 15) is 9.59 Å². The van der Waals surface area contributed by atoms with Crippen molar-refractivity contribution in [3.05, 3.63) is 30.0 Å². The summed E-state index contributed by atoms with van der Waals surface area (Å²) in [6.07, 6.45) is 0.782. The Morgan fingerprint density at radius 1 is 1.25 bits per heavy atom. The minimum absolute atomic E-state index is 0.100. The average molecular weight is 440 g/mol. The van der Waals surface area contributed by atoms with Gasteiger partial charge in [0.15, 0.2) is 17.3 Å². The number of nitrogens with zero attached hydrogens (tertiary/aromatic N) is 6. The molecule has 32 heavy (non-hydrogen) atoms. The summed E-state index contributed by atoms with van der Waals surface area (Å²) in [5, 5.41) is 27.4. The lowest BCUT2D eigenvalue weighted by atomic mass is 10.1. The lowest BCUT2D eigenvalue weighted by Gasteiger charge is -2.16. The van der Waals surface area contributed by atoms with Crippen LogP contribution in [0, 0.1) is 11.8 Å². The number of ether oxygens (including phenoxy) is 1. The van der Waals surface area contributed by atoms with Crippen molar-refractivity contribution in [2.45, 2.75) is 13.3 Å². The zero-order valence-corrected chi connectivity index (χ0v) is 17.6. The first-order valence-corrected chi connectivity index (χ1v) is 9.75. The van der Waals surface area contributed by atoms with Gasteiger partial charge in [0.2, 0.25) is 11.7 Å². The second kappa shape index (κ2) is 8.57. The molecule has 1 fully saturated rings. The lowest BCUT2D eigenvalue weighted by Crippen LogP contribution is -2.22. The lowest BCUT2D eigenvalue weighted by molar-refractivity contribution is -0.117. The summed E-state index contributed by atoms with van der Waals surface area (Å²) in [6, 6.07) is 6.52. The summed E-state index contributed by atoms with van der Waals surface area (Å²) in [7, 11) is 3.08. The topological polar surface area (TPSA) is 149 Å². The summed E-state index contributed by atoms with van der Waals surface area (Å²) < 4.78 is 27.6. The van der Waals surface area contributed by atoms with E-state index in [-0.39, 0.29) is 34.9 Å². The Morgan fingerprint density at radius 2 is 2.06 bits per heavy atom. The summed E-state index contributed by atoms with van der Waals surface area (Å²) >= 11 is 0. The normalized spacial score (nSPS) is 18.7. The minimum atomic E-state index is -2.74. The summed E-state index contributed by atoms with van der Waals surface area (Å²) in [6.45, 7) is -0.767. The fraction of sp³-hybridized carbons (Fsp3) is 0.350. The molecule has 2 aromatic heterocycles. The van der Waals surface area contributed by atoms with Crippen LogP contribution in [-0.2, 0) is 11.8 Å². The number of aryl methyl sites for hydroxylation is 1. The van der Waals surface area contributed by atoms with Crippen LogP contribution in [0.1, 0.15) is 27.9 Å². The van der Waals surface area contributed by atoms with E-state index in [0.29, 0.717) is 22.8 Å². The Kier molecular flexibility index (Phi) is 4.71. The largest absolute Gasteiger partial charge is 0.494 e. The van der Waals surface area contributed by atoms with Crippen LogP contribution in [0.25, 0.3) is 11.4 Å². The first-order valence-electron chi connectivity index (χ1n) is 11.2. The molecular formula is C20H23N9O3. The molecule has 166 valence electrons. The van der Waals surface area contributed by atoms with Crippen LogP contribution < -0.4 is 20.7 Å². The van der Waals surface area contributed by atoms with E-state index in [0.717, 1.165) is 6.42 Å². The van der Waals surface area contributed by atoms with E-state index in [1.165, 1.54) is 18.0 Å². The molecule has 2 heterocycles. The molecule has 3 N–H and O–H groups in total. The van der Waals surface area contributed by atoms with E-state index in [2.05, 4.69) is 36.2 Å². The van der Waals surface area contributed by atoms with Gasteiger partial charge < -0.3 is 20.7 Å². The number of rotatable bonds is 7. The van der Waals surface area contributed by atoms with E-state index < -0.39 is 12.9 Å². The number of benzene rings is 1. The number of hydrogen-bond acceptors (Lipinski definition) is 9. The van der Waals surface area contributed by atoms with Crippen LogP contribution in [0.4, 0.5) is 17.2 Å². The number of aromatic nitrogens is 6. The van der Waals surface area contributed by atoms with Crippen molar-refractivity contribution in [3.63, 3.8) is 0 Å². The van der Waals surface area contributed by atoms with Crippen molar-refractivity contribution in [2.75, 3.05) is 24.7 Å². The highest BCUT2D eigenvalue weighted by Crippen LogP contribution is 2.39. The Bertz CT molecular complexity index is 1280. The molecule has 0 unspecified atom stereocenters. The number of tetrazole rings is 1. The van der Waals surface area contributed by atoms with Crippen molar-refractivity contribution in [2.24, 2.45) is 18.9 Å². The molecule has 0 aliphatic heterocycles. The quantitative estimate of drug-likeness (QED) is 0.495. The second-order valence-electron chi connectivity index (χ2n) is 7.37. The number of carbonyl (C=O) groups excluding carboxylic acids is 2. The molecule has 12 heteroatoms. The van der Waals surface area contributed by atoms with E-state index >= 15 is 0 Å². The van der Waals surface area contributed by atoms with Gasteiger partial charge in [0.25, 0.3) is 5.91 Å². The van der Waals surface area contributed by atoms with Gasteiger partial charge in [-0.25, -0.2) is 0 Å². The standard InChI is InChI=1S/C20H23N9O3/c1-10-8-12(10)19(30)23-15-9-14(16(25-24-15)20(31)21-2)22-13-7-5-6-11(17(13)32-4)18-26-28-29(3)27-18/h5-7,9-10,12H,8H2,1-4H3,(H,21,31)(H2,22,23,24,30)/t10-,12-/m1/s1/i2D3. The van der Waals surface area contributed by atoms with Gasteiger partial charge in [-0.1, -0.05) is 13.0 Å². The van der Waals surface area contributed by atoms with E-state index in [4.69, 9.17) is 8.85 Å². The molecule has 1 aliphatic carbocycles. The van der Waals surface area contributed by atoms with Gasteiger partial charge in [-0.05, 0) is 29.7 Å². The van der Waals surface area contributed by atoms with Crippen LogP contribution in [0.5, 0.6) is 5.75 Å². The van der Waals surface area contributed by atoms with Crippen LogP contribution in [0.3, 0.4) is 0 Å². The predicted octanol–water partition coefficient (Wildman–Crippen LogP) is 1.37. The molecule has 1 aromatic carbocycles. The highest BCUT2D eigenvalue weighted by atomic mass is 16.5. The molecule has 0 spiro atoms. The third-order valence-corrected chi connectivity index (χ3v) is 5.06. The molecule has 12 nitrogen and oxygen atoms in total. The molecule has 1 saturated carbocycles. The van der Waals surface area contributed by atoms with E-state index in [1.807, 2.05) is 12.2 Å². The number of nitrogens with one attached hydrogen (secondary N) is 3. The zero-order chi connectivity index (χ0) is 25.3. The maximum Gasteiger partial charge on any atom is 0.273 e. The summed E-state index contributed by atoms with van der Waals surface area (Å²) in [4.78, 5) is 26.3. The Hall–Kier alpha value is -4.09. The highest BCUT2D eigenvalue weighted by molar-refractivity contribution is 6.00. The molecule has 4 rings (SSSR count). The number of amides is 2. The van der Waals surface area contributed by atoms with Gasteiger partial charge >= 0.3 is 0 Å². The van der Waals surface area contributed by atoms with Crippen LogP contribution in [0.2, 0.25) is 0 Å². The first kappa shape index (κ1) is 17.6. The number of para-hydroxylation sites is 1. The SMILES string of the molecule is [2H]C([2H])([2H])NC(=O)c1nnc(NC(=O)[C@@H]2C[C@H]2C)cc1Nc1cccc(-c2nnn(C)n2)c1OC. The molecule has 2 amide bonds. The monoisotopic (exact) mass is 440 g/mol. The van der Waals surface area contributed by atoms with Gasteiger partial charge in [0.05, 0.1) is 31.1 Å². The maximum absolute atomic E-state index is 12.6. The van der Waals surface area contributed by atoms with Crippen molar-refractivity contribution in [3.8, 4) is 17.1 Å². The highest BCUT2D eigenvalue weighted by Gasteiger charge is 2.39. The Labute approximate surface area is 188 Å². The molecule has 0 radical (unpaired) electrons. The summed E-state index contributed by atoms with van der Waals surface area (Å²) in [5.74, 6) is -0.239. The second-order valence-corrected chi connectivity index (χ2v) is 7.37. The Balaban J connectivity index is 1.71. The maximum atomic E-state index is 12.6. The molecule has 0 bridgehead atoms. The van der Waals surface area contributed by atoms with Crippen molar-refractivity contribution >= 4 is 29.0 Å². The van der Waals surface area contributed by atoms with Crippen LogP contribution in [0.15, 0.2) is 24.3 Å². The molecule has 1 aliphatic rings. The average Bonchev–Trinajstić information content (AvgIpc) is 3.36. The molecule has 2 atom stereocenters. The van der Waals surface area contributed by atoms with Gasteiger partial charge in [-0.3, -0.25) is 9.59 Å². The molecule has 3 aromatic rings. The third-order valence-electron chi connectivity index (χ3n) is 5.06. The minimum Gasteiger partial charge on any atom is -0.494 e. The van der Waals surface area contributed by atoms with Crippen molar-refractivity contribution in [1.29, 1.82) is 0 Å². The van der Waals surface area contributed by atoms with Gasteiger partial charge in [-0.2, -0.15) is 4.80 Å². The van der Waals surface area contributed by atoms with Gasteiger partial charge in [0.1, 0.15) is 0 Å². The number of anilines is 3. The third kappa shape index (κ3) is 4.19. The zero-order valence-electron chi connectivity index (χ0n) is 20.6. The Morgan fingerprint density at radius 3 is 2.72 bits per heavy atom. The number of hydrogen-bond donors (Lipinski definition) is 3. The van der Waals surface area contributed by atoms with Gasteiger partial charge in [-0.15, -0.1) is 20.4 Å². The van der Waals surface area contributed by atoms with Crippen molar-refractivity contribution in [1.82, 2.24) is 35.7 Å². The van der Waals surface area contributed by atoms with Gasteiger partial charge in [0, 0.05) is 23.1 Å².